The van der Waals surface area contributed by atoms with Crippen molar-refractivity contribution >= 4 is 29.0 Å². The number of amides is 1. The van der Waals surface area contributed by atoms with E-state index in [1.807, 2.05) is 60.7 Å². The number of carboxylic acids is 1. The Bertz CT molecular complexity index is 1640. The number of aliphatic carboxylic acids is 1. The molecule has 1 amide bonds. The minimum Gasteiger partial charge on any atom is -0.494 e. The largest absolute Gasteiger partial charge is 0.494 e. The number of ether oxygens (including phenoxy) is 1. The van der Waals surface area contributed by atoms with Gasteiger partial charge in [0.15, 0.2) is 11.6 Å². The van der Waals surface area contributed by atoms with E-state index in [0.29, 0.717) is 10.7 Å². The van der Waals surface area contributed by atoms with Crippen LogP contribution >= 0.6 is 11.3 Å². The molecule has 2 aromatic carbocycles. The molecule has 0 spiro atoms. The lowest BCUT2D eigenvalue weighted by atomic mass is 9.92. The maximum atomic E-state index is 13.3. The molecule has 0 fully saturated rings. The van der Waals surface area contributed by atoms with Gasteiger partial charge >= 0.3 is 5.97 Å². The maximum Gasteiger partial charge on any atom is 0.325 e. The molecular formula is C39H47N3O5S. The Labute approximate surface area is 288 Å². The molecule has 2 atom stereocenters. The highest BCUT2D eigenvalue weighted by Crippen LogP contribution is 2.31. The highest BCUT2D eigenvalue weighted by atomic mass is 32.1. The number of carboxylic acid groups (broad SMARTS) is 1. The number of Topliss-reactive ketones (excluding diaryl/α,β-unsaturated/α-hetero) is 1. The third kappa shape index (κ3) is 10.6. The van der Waals surface area contributed by atoms with Crippen LogP contribution in [0.2, 0.25) is 0 Å². The van der Waals surface area contributed by atoms with Gasteiger partial charge in [-0.25, -0.2) is 9.97 Å². The molecule has 0 saturated heterocycles. The predicted octanol–water partition coefficient (Wildman–Crippen LogP) is 8.54. The Morgan fingerprint density at radius 1 is 0.854 bits per heavy atom. The van der Waals surface area contributed by atoms with Crippen molar-refractivity contribution < 1.29 is 24.2 Å². The number of nitrogens with one attached hydrogen (secondary N) is 1. The van der Waals surface area contributed by atoms with Crippen LogP contribution in [-0.4, -0.2) is 45.4 Å². The van der Waals surface area contributed by atoms with Crippen molar-refractivity contribution in [1.29, 1.82) is 0 Å². The SMILES string of the molecule is CCCCCCCOc1ccc(-c2cnc(-c3ccc(C[C@H](CC(=O)c4ccc(C(C)(C)C)s4)C(=O)N[C@@H](C)C(=O)O)cc3)nc2)cc1. The molecule has 2 N–H and O–H groups in total. The number of hydrogen-bond acceptors (Lipinski definition) is 7. The number of rotatable bonds is 17. The van der Waals surface area contributed by atoms with Gasteiger partial charge in [0, 0.05) is 40.7 Å². The Balaban J connectivity index is 1.40. The van der Waals surface area contributed by atoms with Crippen LogP contribution in [0.3, 0.4) is 0 Å². The quantitative estimate of drug-likeness (QED) is 0.0854. The summed E-state index contributed by atoms with van der Waals surface area (Å²) in [5.41, 5.74) is 3.47. The van der Waals surface area contributed by atoms with Crippen LogP contribution in [0.15, 0.2) is 73.1 Å². The zero-order valence-electron chi connectivity index (χ0n) is 28.6. The Kier molecular flexibility index (Phi) is 13.0. The molecule has 9 heteroatoms. The Hall–Kier alpha value is -4.37. The van der Waals surface area contributed by atoms with Crippen molar-refractivity contribution in [2.75, 3.05) is 6.61 Å². The summed E-state index contributed by atoms with van der Waals surface area (Å²) in [4.78, 5) is 48.7. The molecule has 0 aliphatic rings. The van der Waals surface area contributed by atoms with Crippen LogP contribution in [0.1, 0.15) is 93.3 Å². The lowest BCUT2D eigenvalue weighted by Crippen LogP contribution is -2.42. The van der Waals surface area contributed by atoms with Crippen LogP contribution in [0, 0.1) is 5.92 Å². The van der Waals surface area contributed by atoms with E-state index in [2.05, 4.69) is 43.0 Å². The summed E-state index contributed by atoms with van der Waals surface area (Å²) in [5, 5.41) is 11.9. The number of carbonyl (C=O) groups excluding carboxylic acids is 2. The Morgan fingerprint density at radius 3 is 2.10 bits per heavy atom. The fourth-order valence-electron chi connectivity index (χ4n) is 5.21. The predicted molar refractivity (Wildman–Crippen MR) is 192 cm³/mol. The normalized spacial score (nSPS) is 12.7. The summed E-state index contributed by atoms with van der Waals surface area (Å²) in [6, 6.07) is 18.2. The monoisotopic (exact) mass is 669 g/mol. The number of aromatic nitrogens is 2. The van der Waals surface area contributed by atoms with Gasteiger partial charge in [-0.15, -0.1) is 11.3 Å². The summed E-state index contributed by atoms with van der Waals surface area (Å²) < 4.78 is 5.88. The second kappa shape index (κ2) is 17.2. The van der Waals surface area contributed by atoms with E-state index >= 15 is 0 Å². The van der Waals surface area contributed by atoms with Crippen LogP contribution in [0.4, 0.5) is 0 Å². The fourth-order valence-corrected chi connectivity index (χ4v) is 6.22. The van der Waals surface area contributed by atoms with E-state index in [1.54, 1.807) is 12.4 Å². The van der Waals surface area contributed by atoms with Gasteiger partial charge in [-0.1, -0.05) is 89.8 Å². The van der Waals surface area contributed by atoms with Crippen molar-refractivity contribution in [3.8, 4) is 28.3 Å². The number of hydrogen-bond donors (Lipinski definition) is 2. The van der Waals surface area contributed by atoms with Crippen LogP contribution < -0.4 is 10.1 Å². The summed E-state index contributed by atoms with van der Waals surface area (Å²) in [5.74, 6) is -1.04. The lowest BCUT2D eigenvalue weighted by Gasteiger charge is -2.18. The highest BCUT2D eigenvalue weighted by Gasteiger charge is 2.27. The number of thiophene rings is 1. The maximum absolute atomic E-state index is 13.3. The van der Waals surface area contributed by atoms with Gasteiger partial charge in [0.2, 0.25) is 5.91 Å². The number of unbranched alkanes of at least 4 members (excludes halogenated alkanes) is 4. The van der Waals surface area contributed by atoms with Crippen molar-refractivity contribution in [3.05, 3.63) is 88.4 Å². The highest BCUT2D eigenvalue weighted by molar-refractivity contribution is 7.14. The number of carbonyl (C=O) groups is 3. The summed E-state index contributed by atoms with van der Waals surface area (Å²) in [7, 11) is 0. The van der Waals surface area contributed by atoms with Gasteiger partial charge in [-0.2, -0.15) is 0 Å². The summed E-state index contributed by atoms with van der Waals surface area (Å²) in [6.07, 6.45) is 9.87. The van der Waals surface area contributed by atoms with Gasteiger partial charge in [0.25, 0.3) is 0 Å². The first-order valence-electron chi connectivity index (χ1n) is 16.8. The Morgan fingerprint density at radius 2 is 1.50 bits per heavy atom. The van der Waals surface area contributed by atoms with Crippen molar-refractivity contribution in [2.45, 2.75) is 91.0 Å². The molecule has 0 aliphatic carbocycles. The van der Waals surface area contributed by atoms with Gasteiger partial charge in [-0.05, 0) is 60.6 Å². The standard InChI is InChI=1S/C39H47N3O5S/c1-6-7-8-9-10-21-47-32-17-15-28(16-18-32)31-24-40-36(41-25-31)29-13-11-27(12-14-29)22-30(37(44)42-26(2)38(45)46)23-33(43)34-19-20-35(48-34)39(3,4)5/h11-20,24-26,30H,6-10,21-23H2,1-5H3,(H,42,44)(H,45,46)/t26-,30+/m0/s1. The average Bonchev–Trinajstić information content (AvgIpc) is 3.59. The molecule has 48 heavy (non-hydrogen) atoms. The van der Waals surface area contributed by atoms with Crippen molar-refractivity contribution in [2.24, 2.45) is 5.92 Å². The molecule has 0 saturated carbocycles. The van der Waals surface area contributed by atoms with E-state index < -0.39 is 23.8 Å². The van der Waals surface area contributed by atoms with Crippen LogP contribution in [0.25, 0.3) is 22.5 Å². The fraction of sp³-hybridized carbons (Fsp3) is 0.410. The van der Waals surface area contributed by atoms with Crippen molar-refractivity contribution in [1.82, 2.24) is 15.3 Å². The zero-order valence-corrected chi connectivity index (χ0v) is 29.4. The third-order valence-corrected chi connectivity index (χ3v) is 9.75. The zero-order chi connectivity index (χ0) is 34.7. The molecule has 0 aliphatic heterocycles. The molecule has 0 radical (unpaired) electrons. The minimum absolute atomic E-state index is 0.0270. The number of nitrogens with zero attached hydrogens (tertiary/aromatic N) is 2. The summed E-state index contributed by atoms with van der Waals surface area (Å²) in [6.45, 7) is 10.6. The molecule has 0 unspecified atom stereocenters. The van der Waals surface area contributed by atoms with E-state index in [-0.39, 0.29) is 24.0 Å². The van der Waals surface area contributed by atoms with Gasteiger partial charge in [0.1, 0.15) is 11.8 Å². The molecule has 8 nitrogen and oxygen atoms in total. The lowest BCUT2D eigenvalue weighted by molar-refractivity contribution is -0.141. The van der Waals surface area contributed by atoms with E-state index in [4.69, 9.17) is 4.74 Å². The van der Waals surface area contributed by atoms with E-state index in [9.17, 15) is 19.5 Å². The topological polar surface area (TPSA) is 118 Å². The molecule has 4 rings (SSSR count). The van der Waals surface area contributed by atoms with Crippen LogP contribution in [0.5, 0.6) is 5.75 Å². The van der Waals surface area contributed by atoms with E-state index in [1.165, 1.54) is 43.9 Å². The number of benzene rings is 2. The number of ketones is 1. The van der Waals surface area contributed by atoms with E-state index in [0.717, 1.165) is 45.9 Å². The smallest absolute Gasteiger partial charge is 0.325 e. The van der Waals surface area contributed by atoms with Gasteiger partial charge in [-0.3, -0.25) is 14.4 Å². The molecule has 2 aromatic heterocycles. The second-order valence-electron chi connectivity index (χ2n) is 13.3. The first kappa shape index (κ1) is 36.5. The minimum atomic E-state index is -1.13. The molecule has 254 valence electrons. The molecule has 4 aromatic rings. The molecule has 2 heterocycles. The van der Waals surface area contributed by atoms with Crippen molar-refractivity contribution in [3.63, 3.8) is 0 Å². The van der Waals surface area contributed by atoms with Gasteiger partial charge in [0.05, 0.1) is 11.5 Å². The first-order valence-corrected chi connectivity index (χ1v) is 17.6. The average molecular weight is 670 g/mol. The van der Waals surface area contributed by atoms with Gasteiger partial charge < -0.3 is 15.2 Å². The second-order valence-corrected chi connectivity index (χ2v) is 14.4. The van der Waals surface area contributed by atoms with Crippen LogP contribution in [-0.2, 0) is 21.4 Å². The first-order chi connectivity index (χ1) is 22.9. The summed E-state index contributed by atoms with van der Waals surface area (Å²) >= 11 is 1.44. The third-order valence-electron chi connectivity index (χ3n) is 8.20. The molecular weight excluding hydrogens is 623 g/mol. The molecule has 0 bridgehead atoms.